The van der Waals surface area contributed by atoms with E-state index in [1.54, 1.807) is 4.90 Å². The Morgan fingerprint density at radius 3 is 2.19 bits per heavy atom. The fraction of sp³-hybridized carbons (Fsp3) is 0.526. The average Bonchev–Trinajstić information content (AvgIpc) is 2.67. The average molecular weight is 362 g/mol. The number of para-hydroxylation sites is 1. The van der Waals surface area contributed by atoms with Gasteiger partial charge >= 0.3 is 11.9 Å². The largest absolute Gasteiger partial charge is 0.469 e. The van der Waals surface area contributed by atoms with E-state index in [0.717, 1.165) is 0 Å². The second kappa shape index (κ2) is 8.80. The summed E-state index contributed by atoms with van der Waals surface area (Å²) >= 11 is 0. The van der Waals surface area contributed by atoms with E-state index < -0.39 is 11.5 Å². The van der Waals surface area contributed by atoms with Crippen molar-refractivity contribution in [3.8, 4) is 0 Å². The summed E-state index contributed by atoms with van der Waals surface area (Å²) in [6.07, 6.45) is 1.18. The molecule has 7 heteroatoms. The maximum absolute atomic E-state index is 12.7. The quantitative estimate of drug-likeness (QED) is 0.716. The van der Waals surface area contributed by atoms with E-state index in [0.29, 0.717) is 44.6 Å². The Balaban J connectivity index is 2.23. The Hall–Kier alpha value is -2.41. The van der Waals surface area contributed by atoms with Crippen molar-refractivity contribution in [2.75, 3.05) is 38.8 Å². The Kier molecular flexibility index (Phi) is 6.74. The molecule has 1 aromatic carbocycles. The summed E-state index contributed by atoms with van der Waals surface area (Å²) < 4.78 is 9.74. The van der Waals surface area contributed by atoms with Gasteiger partial charge in [-0.15, -0.1) is 0 Å². The van der Waals surface area contributed by atoms with Crippen LogP contribution in [0.2, 0.25) is 0 Å². The van der Waals surface area contributed by atoms with Crippen LogP contribution in [0.5, 0.6) is 0 Å². The molecule has 1 amide bonds. The zero-order valence-electron chi connectivity index (χ0n) is 15.6. The normalized spacial score (nSPS) is 16.6. The molecular weight excluding hydrogens is 336 g/mol. The van der Waals surface area contributed by atoms with Crippen molar-refractivity contribution >= 4 is 23.5 Å². The number of esters is 2. The zero-order chi connectivity index (χ0) is 19.2. The van der Waals surface area contributed by atoms with Crippen LogP contribution in [0, 0.1) is 0 Å². The Morgan fingerprint density at radius 1 is 1.08 bits per heavy atom. The summed E-state index contributed by atoms with van der Waals surface area (Å²) in [7, 11) is 2.71. The molecule has 1 fully saturated rings. The molecule has 0 aliphatic carbocycles. The van der Waals surface area contributed by atoms with Crippen LogP contribution in [0.25, 0.3) is 0 Å². The molecule has 1 heterocycles. The van der Waals surface area contributed by atoms with Crippen molar-refractivity contribution in [3.05, 3.63) is 30.3 Å². The third-order valence-electron chi connectivity index (χ3n) is 4.87. The van der Waals surface area contributed by atoms with Crippen LogP contribution < -0.4 is 4.90 Å². The predicted octanol–water partition coefficient (Wildman–Crippen LogP) is 1.61. The molecular formula is C19H26N2O5. The van der Waals surface area contributed by atoms with Gasteiger partial charge in [0, 0.05) is 32.2 Å². The maximum atomic E-state index is 12.7. The number of piperidine rings is 1. The highest BCUT2D eigenvalue weighted by atomic mass is 16.5. The third kappa shape index (κ3) is 4.22. The van der Waals surface area contributed by atoms with Crippen molar-refractivity contribution in [2.45, 2.75) is 31.7 Å². The minimum absolute atomic E-state index is 0.204. The summed E-state index contributed by atoms with van der Waals surface area (Å²) in [6.45, 7) is 3.20. The number of hydrogen-bond acceptors (Lipinski definition) is 6. The second-order valence-electron chi connectivity index (χ2n) is 6.38. The van der Waals surface area contributed by atoms with Crippen LogP contribution in [-0.2, 0) is 23.9 Å². The van der Waals surface area contributed by atoms with Crippen molar-refractivity contribution in [3.63, 3.8) is 0 Å². The Bertz CT molecular complexity index is 639. The lowest BCUT2D eigenvalue weighted by Gasteiger charge is -2.46. The number of carbonyl (C=O) groups excluding carboxylic acids is 3. The number of hydrogen-bond donors (Lipinski definition) is 0. The zero-order valence-corrected chi connectivity index (χ0v) is 15.6. The van der Waals surface area contributed by atoms with Gasteiger partial charge < -0.3 is 14.4 Å². The van der Waals surface area contributed by atoms with Gasteiger partial charge in [0.25, 0.3) is 0 Å². The van der Waals surface area contributed by atoms with Gasteiger partial charge in [0.05, 0.1) is 20.6 Å². The van der Waals surface area contributed by atoms with Gasteiger partial charge in [-0.3, -0.25) is 14.5 Å². The first-order chi connectivity index (χ1) is 12.4. The fourth-order valence-electron chi connectivity index (χ4n) is 3.51. The molecule has 0 spiro atoms. The van der Waals surface area contributed by atoms with Gasteiger partial charge in [-0.05, 0) is 25.0 Å². The molecule has 0 N–H and O–H groups in total. The van der Waals surface area contributed by atoms with Gasteiger partial charge in [0.15, 0.2) is 0 Å². The molecule has 0 bridgehead atoms. The van der Waals surface area contributed by atoms with Crippen LogP contribution in [0.3, 0.4) is 0 Å². The van der Waals surface area contributed by atoms with Crippen LogP contribution in [0.1, 0.15) is 26.2 Å². The monoisotopic (exact) mass is 362 g/mol. The van der Waals surface area contributed by atoms with E-state index in [2.05, 4.69) is 9.64 Å². The minimum atomic E-state index is -1.04. The molecule has 0 aromatic heterocycles. The second-order valence-corrected chi connectivity index (χ2v) is 6.38. The van der Waals surface area contributed by atoms with Crippen LogP contribution >= 0.6 is 0 Å². The lowest BCUT2D eigenvalue weighted by molar-refractivity contribution is -0.151. The molecule has 1 saturated heterocycles. The standard InChI is InChI=1S/C19H26N2O5/c1-15(22)21(16-7-5-4-6-8-16)19(18(24)26-3)10-13-20(14-11-19)12-9-17(23)25-2/h4-8H,9-14H2,1-3H3. The van der Waals surface area contributed by atoms with Crippen molar-refractivity contribution < 1.29 is 23.9 Å². The third-order valence-corrected chi connectivity index (χ3v) is 4.87. The van der Waals surface area contributed by atoms with E-state index in [-0.39, 0.29) is 11.9 Å². The van der Waals surface area contributed by atoms with Crippen LogP contribution in [-0.4, -0.2) is 62.1 Å². The summed E-state index contributed by atoms with van der Waals surface area (Å²) in [5.74, 6) is -0.877. The first-order valence-corrected chi connectivity index (χ1v) is 8.68. The van der Waals surface area contributed by atoms with E-state index in [4.69, 9.17) is 4.74 Å². The molecule has 7 nitrogen and oxygen atoms in total. The molecule has 1 aromatic rings. The van der Waals surface area contributed by atoms with Gasteiger partial charge in [0.1, 0.15) is 5.54 Å². The number of likely N-dealkylation sites (tertiary alicyclic amines) is 1. The smallest absolute Gasteiger partial charge is 0.332 e. The molecule has 142 valence electrons. The fourth-order valence-corrected chi connectivity index (χ4v) is 3.51. The number of ether oxygens (including phenoxy) is 2. The first kappa shape index (κ1) is 19.9. The lowest BCUT2D eigenvalue weighted by atomic mass is 9.84. The van der Waals surface area contributed by atoms with Gasteiger partial charge in [-0.2, -0.15) is 0 Å². The minimum Gasteiger partial charge on any atom is -0.469 e. The van der Waals surface area contributed by atoms with Crippen molar-refractivity contribution in [1.82, 2.24) is 4.90 Å². The number of amides is 1. The van der Waals surface area contributed by atoms with Gasteiger partial charge in [-0.1, -0.05) is 18.2 Å². The molecule has 0 radical (unpaired) electrons. The summed E-state index contributed by atoms with van der Waals surface area (Å²) in [6, 6.07) is 9.16. The number of carbonyl (C=O) groups is 3. The number of methoxy groups -OCH3 is 2. The highest BCUT2D eigenvalue weighted by molar-refractivity contribution is 6.01. The van der Waals surface area contributed by atoms with Crippen LogP contribution in [0.15, 0.2) is 30.3 Å². The number of benzene rings is 1. The molecule has 1 aliphatic rings. The van der Waals surface area contributed by atoms with Crippen molar-refractivity contribution in [1.29, 1.82) is 0 Å². The van der Waals surface area contributed by atoms with E-state index in [9.17, 15) is 14.4 Å². The Labute approximate surface area is 153 Å². The molecule has 2 rings (SSSR count). The van der Waals surface area contributed by atoms with Crippen molar-refractivity contribution in [2.24, 2.45) is 0 Å². The number of nitrogens with zero attached hydrogens (tertiary/aromatic N) is 2. The maximum Gasteiger partial charge on any atom is 0.332 e. The van der Waals surface area contributed by atoms with Gasteiger partial charge in [-0.25, -0.2) is 4.79 Å². The van der Waals surface area contributed by atoms with Crippen LogP contribution in [0.4, 0.5) is 5.69 Å². The SMILES string of the molecule is COC(=O)CCN1CCC(C(=O)OC)(N(C(C)=O)c2ccccc2)CC1. The number of anilines is 1. The van der Waals surface area contributed by atoms with E-state index in [1.807, 2.05) is 30.3 Å². The predicted molar refractivity (Wildman–Crippen MR) is 96.7 cm³/mol. The topological polar surface area (TPSA) is 76.2 Å². The highest BCUT2D eigenvalue weighted by Crippen LogP contribution is 2.34. The Morgan fingerprint density at radius 2 is 1.69 bits per heavy atom. The molecule has 0 atom stereocenters. The van der Waals surface area contributed by atoms with E-state index >= 15 is 0 Å². The summed E-state index contributed by atoms with van der Waals surface area (Å²) in [4.78, 5) is 40.2. The number of rotatable bonds is 6. The van der Waals surface area contributed by atoms with Gasteiger partial charge in [0.2, 0.25) is 5.91 Å². The lowest BCUT2D eigenvalue weighted by Crippen LogP contribution is -2.62. The summed E-state index contributed by atoms with van der Waals surface area (Å²) in [5.41, 5.74) is -0.364. The molecule has 0 unspecified atom stereocenters. The molecule has 1 aliphatic heterocycles. The highest BCUT2D eigenvalue weighted by Gasteiger charge is 2.49. The first-order valence-electron chi connectivity index (χ1n) is 8.68. The molecule has 0 saturated carbocycles. The van der Waals surface area contributed by atoms with E-state index in [1.165, 1.54) is 21.1 Å². The molecule has 26 heavy (non-hydrogen) atoms. The summed E-state index contributed by atoms with van der Waals surface area (Å²) in [5, 5.41) is 0.